The number of hydrogen-bond acceptors (Lipinski definition) is 2. The highest BCUT2D eigenvalue weighted by atomic mass is 16.6. The molecule has 3 nitrogen and oxygen atoms in total. The Morgan fingerprint density at radius 3 is 0.731 bits per heavy atom. The van der Waals surface area contributed by atoms with E-state index in [9.17, 15) is 0 Å². The van der Waals surface area contributed by atoms with E-state index in [-0.39, 0.29) is 0 Å². The van der Waals surface area contributed by atoms with Gasteiger partial charge in [0.15, 0.2) is 0 Å². The molecule has 0 amide bonds. The molecule has 0 aliphatic rings. The highest BCUT2D eigenvalue weighted by Gasteiger charge is 1.80. The highest BCUT2D eigenvalue weighted by molar-refractivity contribution is 5.56. The van der Waals surface area contributed by atoms with Gasteiger partial charge in [0.1, 0.15) is 0 Å². The van der Waals surface area contributed by atoms with Gasteiger partial charge in [-0.3, -0.25) is 0 Å². The van der Waals surface area contributed by atoms with Crippen LogP contribution in [0.2, 0.25) is 0 Å². The number of carboxylic acid groups (broad SMARTS) is 1. The van der Waals surface area contributed by atoms with Gasteiger partial charge in [-0.2, -0.15) is 0 Å². The average Bonchev–Trinajstić information content (AvgIpc) is 2.76. The first-order valence-corrected chi connectivity index (χ1v) is 9.45. The van der Waals surface area contributed by atoms with Crippen LogP contribution in [0.15, 0.2) is 72.8 Å². The van der Waals surface area contributed by atoms with Crippen molar-refractivity contribution in [2.75, 3.05) is 7.11 Å². The summed E-state index contributed by atoms with van der Waals surface area (Å²) in [5.41, 5.74) is 0. The standard InChI is InChI=1S/2C6H6.C3H8.C2H4O3.3C2H6/c2*1-2-4-6-5-3-1;1-3-2;1-5-2(3)4;3*1-2/h2*1-6H;3H2,1-2H3;1H3,(H,3,4);3*1-2H3. The van der Waals surface area contributed by atoms with Crippen molar-refractivity contribution in [1.29, 1.82) is 0 Å². The molecule has 2 aromatic carbocycles. The molecule has 0 unspecified atom stereocenters. The molecule has 2 rings (SSSR count). The third-order valence-electron chi connectivity index (χ3n) is 1.51. The molecule has 3 heteroatoms. The van der Waals surface area contributed by atoms with Crippen molar-refractivity contribution in [1.82, 2.24) is 0 Å². The lowest BCUT2D eigenvalue weighted by atomic mass is 10.4. The monoisotopic (exact) mass is 366 g/mol. The van der Waals surface area contributed by atoms with E-state index in [2.05, 4.69) is 18.6 Å². The van der Waals surface area contributed by atoms with E-state index in [4.69, 9.17) is 9.90 Å². The molecule has 1 N–H and O–H groups in total. The molecule has 0 spiro atoms. The number of ether oxygens (including phenoxy) is 1. The lowest BCUT2D eigenvalue weighted by Crippen LogP contribution is -1.91. The summed E-state index contributed by atoms with van der Waals surface area (Å²) in [6.07, 6.45) is 0.00463. The second-order valence-corrected chi connectivity index (χ2v) is 3.49. The van der Waals surface area contributed by atoms with Crippen LogP contribution in [0.25, 0.3) is 0 Å². The van der Waals surface area contributed by atoms with E-state index >= 15 is 0 Å². The number of hydrogen-bond donors (Lipinski definition) is 1. The van der Waals surface area contributed by atoms with Gasteiger partial charge in [0.2, 0.25) is 0 Å². The zero-order valence-corrected chi connectivity index (χ0v) is 18.4. The van der Waals surface area contributed by atoms with E-state index in [1.807, 2.05) is 114 Å². The van der Waals surface area contributed by atoms with Gasteiger partial charge in [-0.05, 0) is 0 Å². The first kappa shape index (κ1) is 34.9. The molecule has 0 atom stereocenters. The van der Waals surface area contributed by atoms with Gasteiger partial charge in [-0.15, -0.1) is 0 Å². The highest BCUT2D eigenvalue weighted by Crippen LogP contribution is 1.80. The third kappa shape index (κ3) is 67.9. The van der Waals surface area contributed by atoms with Crippen molar-refractivity contribution in [3.63, 3.8) is 0 Å². The molecular formula is C23H42O3. The summed E-state index contributed by atoms with van der Waals surface area (Å²) in [4.78, 5) is 9.15. The van der Waals surface area contributed by atoms with E-state index in [0.29, 0.717) is 0 Å². The van der Waals surface area contributed by atoms with Gasteiger partial charge in [0, 0.05) is 0 Å². The fraction of sp³-hybridized carbons (Fsp3) is 0.435. The number of methoxy groups -OCH3 is 1. The topological polar surface area (TPSA) is 46.5 Å². The van der Waals surface area contributed by atoms with Crippen LogP contribution in [0, 0.1) is 0 Å². The largest absolute Gasteiger partial charge is 0.505 e. The maximum Gasteiger partial charge on any atom is 0.505 e. The molecule has 0 aliphatic heterocycles. The van der Waals surface area contributed by atoms with Gasteiger partial charge in [-0.1, -0.05) is 135 Å². The number of benzene rings is 2. The van der Waals surface area contributed by atoms with Gasteiger partial charge in [0.25, 0.3) is 0 Å². The summed E-state index contributed by atoms with van der Waals surface area (Å²) in [5, 5.41) is 7.50. The molecule has 26 heavy (non-hydrogen) atoms. The number of rotatable bonds is 0. The minimum atomic E-state index is -1.25. The summed E-state index contributed by atoms with van der Waals surface area (Å²) >= 11 is 0. The zero-order chi connectivity index (χ0) is 21.5. The van der Waals surface area contributed by atoms with Crippen molar-refractivity contribution in [3.8, 4) is 0 Å². The van der Waals surface area contributed by atoms with Crippen LogP contribution in [0.3, 0.4) is 0 Å². The summed E-state index contributed by atoms with van der Waals surface area (Å²) < 4.78 is 3.67. The normalized spacial score (nSPS) is 6.35. The molecule has 0 heterocycles. The third-order valence-corrected chi connectivity index (χ3v) is 1.51. The summed E-state index contributed by atoms with van der Waals surface area (Å²) in [6, 6.07) is 24.0. The summed E-state index contributed by atoms with van der Waals surface area (Å²) in [5.74, 6) is 0. The Morgan fingerprint density at radius 2 is 0.692 bits per heavy atom. The molecule has 0 saturated heterocycles. The molecule has 0 aliphatic carbocycles. The van der Waals surface area contributed by atoms with Crippen molar-refractivity contribution in [2.45, 2.75) is 61.8 Å². The van der Waals surface area contributed by atoms with Crippen molar-refractivity contribution < 1.29 is 14.6 Å². The van der Waals surface area contributed by atoms with Crippen LogP contribution in [-0.2, 0) is 4.74 Å². The van der Waals surface area contributed by atoms with Crippen molar-refractivity contribution in [2.24, 2.45) is 0 Å². The average molecular weight is 367 g/mol. The fourth-order valence-electron chi connectivity index (χ4n) is 0.770. The second kappa shape index (κ2) is 49.5. The summed E-state index contributed by atoms with van der Waals surface area (Å²) in [7, 11) is 1.10. The molecule has 152 valence electrons. The maximum atomic E-state index is 9.15. The van der Waals surface area contributed by atoms with Crippen LogP contribution in [-0.4, -0.2) is 18.4 Å². The minimum Gasteiger partial charge on any atom is -0.450 e. The Hall–Kier alpha value is -2.29. The Labute approximate surface area is 163 Å². The first-order chi connectivity index (χ1) is 12.7. The van der Waals surface area contributed by atoms with Gasteiger partial charge in [0.05, 0.1) is 7.11 Å². The number of carbonyl (C=O) groups is 1. The quantitative estimate of drug-likeness (QED) is 0.478. The van der Waals surface area contributed by atoms with Gasteiger partial charge >= 0.3 is 6.16 Å². The van der Waals surface area contributed by atoms with Crippen LogP contribution >= 0.6 is 0 Å². The maximum absolute atomic E-state index is 9.15. The van der Waals surface area contributed by atoms with Crippen molar-refractivity contribution in [3.05, 3.63) is 72.8 Å². The van der Waals surface area contributed by atoms with E-state index in [1.54, 1.807) is 0 Å². The molecular weight excluding hydrogens is 324 g/mol. The van der Waals surface area contributed by atoms with Gasteiger partial charge < -0.3 is 9.84 Å². The predicted octanol–water partition coefficient (Wildman–Crippen LogP) is 8.18. The zero-order valence-electron chi connectivity index (χ0n) is 18.4. The van der Waals surface area contributed by atoms with Crippen LogP contribution in [0.4, 0.5) is 4.79 Å². The van der Waals surface area contributed by atoms with Gasteiger partial charge in [-0.25, -0.2) is 4.79 Å². The van der Waals surface area contributed by atoms with Crippen LogP contribution in [0.1, 0.15) is 61.8 Å². The van der Waals surface area contributed by atoms with E-state index in [1.165, 1.54) is 6.42 Å². The molecule has 2 aromatic rings. The molecule has 0 radical (unpaired) electrons. The van der Waals surface area contributed by atoms with Crippen LogP contribution in [0.5, 0.6) is 0 Å². The fourth-order valence-corrected chi connectivity index (χ4v) is 0.770. The smallest absolute Gasteiger partial charge is 0.450 e. The Balaban J connectivity index is -0.0000000702. The molecule has 0 bridgehead atoms. The second-order valence-electron chi connectivity index (χ2n) is 3.49. The van der Waals surface area contributed by atoms with E-state index < -0.39 is 6.16 Å². The Morgan fingerprint density at radius 1 is 0.615 bits per heavy atom. The molecule has 0 saturated carbocycles. The lowest BCUT2D eigenvalue weighted by molar-refractivity contribution is 0.114. The SMILES string of the molecule is CC.CC.CC.CCC.COC(=O)O.c1ccccc1.c1ccccc1. The molecule has 0 fully saturated rings. The Kier molecular flexibility index (Phi) is 66.5. The minimum absolute atomic E-state index is 1.10. The predicted molar refractivity (Wildman–Crippen MR) is 118 cm³/mol. The van der Waals surface area contributed by atoms with Crippen molar-refractivity contribution >= 4 is 6.16 Å². The Bertz CT molecular complexity index is 290. The lowest BCUT2D eigenvalue weighted by Gasteiger charge is -1.79. The first-order valence-electron chi connectivity index (χ1n) is 9.45. The summed E-state index contributed by atoms with van der Waals surface area (Å²) in [6.45, 7) is 16.2. The molecule has 0 aromatic heterocycles. The van der Waals surface area contributed by atoms with Crippen LogP contribution < -0.4 is 0 Å². The van der Waals surface area contributed by atoms with E-state index in [0.717, 1.165) is 7.11 Å².